The van der Waals surface area contributed by atoms with Crippen LogP contribution in [0.5, 0.6) is 5.75 Å². The van der Waals surface area contributed by atoms with E-state index in [9.17, 15) is 14.7 Å². The highest BCUT2D eigenvalue weighted by Crippen LogP contribution is 2.26. The molecule has 7 heteroatoms. The number of esters is 1. The van der Waals surface area contributed by atoms with Gasteiger partial charge in [-0.2, -0.15) is 0 Å². The van der Waals surface area contributed by atoms with Gasteiger partial charge in [0, 0.05) is 0 Å². The third kappa shape index (κ3) is 6.76. The van der Waals surface area contributed by atoms with E-state index in [0.29, 0.717) is 10.8 Å². The highest BCUT2D eigenvalue weighted by atomic mass is 35.5. The number of halogens is 1. The first-order chi connectivity index (χ1) is 11.0. The molecule has 24 heavy (non-hydrogen) atoms. The Morgan fingerprint density at radius 1 is 1.33 bits per heavy atom. The lowest BCUT2D eigenvalue weighted by Crippen LogP contribution is -2.44. The molecule has 0 heterocycles. The maximum absolute atomic E-state index is 12.0. The largest absolute Gasteiger partial charge is 0.479 e. The van der Waals surface area contributed by atoms with Crippen molar-refractivity contribution >= 4 is 23.5 Å². The van der Waals surface area contributed by atoms with Gasteiger partial charge in [0.2, 0.25) is 0 Å². The third-order valence-electron chi connectivity index (χ3n) is 2.91. The maximum Gasteiger partial charge on any atom is 0.337 e. The molecule has 0 fully saturated rings. The van der Waals surface area contributed by atoms with Gasteiger partial charge in [-0.3, -0.25) is 4.79 Å². The predicted octanol–water partition coefficient (Wildman–Crippen LogP) is 2.23. The molecule has 6 nitrogen and oxygen atoms in total. The van der Waals surface area contributed by atoms with E-state index in [1.165, 1.54) is 0 Å². The number of nitrogens with one attached hydrogen (secondary N) is 1. The standard InChI is InChI=1S/C17H24ClNO5/c1-10-6-7-12(18)14(8-10)23-11(2)15(21)19-9-13(20)16(22)24-17(3,4)5/h6-8,11,13,20H,9H2,1-5H3,(H,19,21)/t11-,13-/m0/s1. The van der Waals surface area contributed by atoms with Gasteiger partial charge in [-0.15, -0.1) is 0 Å². The molecule has 1 amide bonds. The van der Waals surface area contributed by atoms with Crippen molar-refractivity contribution in [3.63, 3.8) is 0 Å². The van der Waals surface area contributed by atoms with Crippen molar-refractivity contribution in [2.75, 3.05) is 6.54 Å². The number of rotatable bonds is 6. The van der Waals surface area contributed by atoms with Crippen LogP contribution in [0.25, 0.3) is 0 Å². The molecule has 0 aliphatic heterocycles. The number of aryl methyl sites for hydroxylation is 1. The lowest BCUT2D eigenvalue weighted by atomic mass is 10.2. The van der Waals surface area contributed by atoms with Crippen molar-refractivity contribution < 1.29 is 24.2 Å². The Labute approximate surface area is 147 Å². The van der Waals surface area contributed by atoms with Crippen LogP contribution in [0.1, 0.15) is 33.3 Å². The molecular weight excluding hydrogens is 334 g/mol. The van der Waals surface area contributed by atoms with Gasteiger partial charge in [-0.1, -0.05) is 17.7 Å². The van der Waals surface area contributed by atoms with Gasteiger partial charge in [-0.25, -0.2) is 4.79 Å². The first-order valence-electron chi connectivity index (χ1n) is 7.61. The molecule has 2 N–H and O–H groups in total. The number of hydrogen-bond donors (Lipinski definition) is 2. The summed E-state index contributed by atoms with van der Waals surface area (Å²) in [6, 6.07) is 5.24. The first kappa shape index (κ1) is 20.3. The van der Waals surface area contributed by atoms with Crippen molar-refractivity contribution in [1.82, 2.24) is 5.32 Å². The minimum atomic E-state index is -1.44. The minimum absolute atomic E-state index is 0.261. The Balaban J connectivity index is 2.52. The zero-order valence-corrected chi connectivity index (χ0v) is 15.3. The topological polar surface area (TPSA) is 84.9 Å². The van der Waals surface area contributed by atoms with Gasteiger partial charge in [0.15, 0.2) is 12.2 Å². The molecule has 0 aliphatic carbocycles. The minimum Gasteiger partial charge on any atom is -0.479 e. The van der Waals surface area contributed by atoms with E-state index in [2.05, 4.69) is 5.32 Å². The third-order valence-corrected chi connectivity index (χ3v) is 3.22. The lowest BCUT2D eigenvalue weighted by Gasteiger charge is -2.22. The van der Waals surface area contributed by atoms with Gasteiger partial charge >= 0.3 is 5.97 Å². The van der Waals surface area contributed by atoms with Gasteiger partial charge in [0.25, 0.3) is 5.91 Å². The van der Waals surface area contributed by atoms with E-state index in [4.69, 9.17) is 21.1 Å². The number of carbonyl (C=O) groups is 2. The van der Waals surface area contributed by atoms with Gasteiger partial charge < -0.3 is 19.9 Å². The molecule has 2 atom stereocenters. The zero-order chi connectivity index (χ0) is 18.5. The Morgan fingerprint density at radius 2 is 1.96 bits per heavy atom. The fourth-order valence-corrected chi connectivity index (χ4v) is 1.90. The molecule has 0 aliphatic rings. The SMILES string of the molecule is Cc1ccc(Cl)c(O[C@@H](C)C(=O)NC[C@H](O)C(=O)OC(C)(C)C)c1. The van der Waals surface area contributed by atoms with Crippen LogP contribution in [0, 0.1) is 6.92 Å². The number of aliphatic hydroxyl groups is 1. The molecule has 0 radical (unpaired) electrons. The van der Waals surface area contributed by atoms with E-state index in [1.54, 1.807) is 39.8 Å². The fraction of sp³-hybridized carbons (Fsp3) is 0.529. The quantitative estimate of drug-likeness (QED) is 0.763. The first-order valence-corrected chi connectivity index (χ1v) is 7.99. The summed E-state index contributed by atoms with van der Waals surface area (Å²) in [5.74, 6) is -0.875. The van der Waals surface area contributed by atoms with Crippen LogP contribution in [0.4, 0.5) is 0 Å². The molecule has 0 saturated heterocycles. The Hall–Kier alpha value is -1.79. The Bertz CT molecular complexity index is 597. The number of benzene rings is 1. The van der Waals surface area contributed by atoms with Crippen molar-refractivity contribution in [3.05, 3.63) is 28.8 Å². The second kappa shape index (κ2) is 8.35. The summed E-state index contributed by atoms with van der Waals surface area (Å²) in [7, 11) is 0. The Morgan fingerprint density at radius 3 is 2.54 bits per heavy atom. The molecule has 1 aromatic rings. The van der Waals surface area contributed by atoms with E-state index in [-0.39, 0.29) is 6.54 Å². The van der Waals surface area contributed by atoms with Gasteiger partial charge in [-0.05, 0) is 52.3 Å². The number of ether oxygens (including phenoxy) is 2. The molecule has 0 bridgehead atoms. The van der Waals surface area contributed by atoms with Gasteiger partial charge in [0.1, 0.15) is 11.4 Å². The van der Waals surface area contributed by atoms with E-state index < -0.39 is 29.7 Å². The summed E-state index contributed by atoms with van der Waals surface area (Å²) in [5.41, 5.74) is 0.239. The van der Waals surface area contributed by atoms with Crippen LogP contribution in [0.3, 0.4) is 0 Å². The molecule has 1 aromatic carbocycles. The smallest absolute Gasteiger partial charge is 0.337 e. The normalized spacial score (nSPS) is 13.8. The maximum atomic E-state index is 12.0. The average molecular weight is 358 g/mol. The Kier molecular flexibility index (Phi) is 7.05. The molecule has 134 valence electrons. The summed E-state index contributed by atoms with van der Waals surface area (Å²) in [4.78, 5) is 23.7. The summed E-state index contributed by atoms with van der Waals surface area (Å²) in [5, 5.41) is 12.6. The molecule has 0 unspecified atom stereocenters. The van der Waals surface area contributed by atoms with Crippen LogP contribution in [0.15, 0.2) is 18.2 Å². The van der Waals surface area contributed by atoms with Crippen LogP contribution < -0.4 is 10.1 Å². The zero-order valence-electron chi connectivity index (χ0n) is 14.6. The van der Waals surface area contributed by atoms with Gasteiger partial charge in [0.05, 0.1) is 11.6 Å². The van der Waals surface area contributed by atoms with Crippen LogP contribution in [-0.2, 0) is 14.3 Å². The van der Waals surface area contributed by atoms with Crippen molar-refractivity contribution in [2.45, 2.75) is 52.4 Å². The summed E-state index contributed by atoms with van der Waals surface area (Å²) in [6.07, 6.45) is -2.28. The van der Waals surface area contributed by atoms with Crippen LogP contribution >= 0.6 is 11.6 Å². The van der Waals surface area contributed by atoms with E-state index in [0.717, 1.165) is 5.56 Å². The summed E-state index contributed by atoms with van der Waals surface area (Å²) >= 11 is 6.02. The molecule has 1 rings (SSSR count). The fourth-order valence-electron chi connectivity index (χ4n) is 1.74. The van der Waals surface area contributed by atoms with Crippen molar-refractivity contribution in [3.8, 4) is 5.75 Å². The predicted molar refractivity (Wildman–Crippen MR) is 91.1 cm³/mol. The summed E-state index contributed by atoms with van der Waals surface area (Å²) in [6.45, 7) is 8.25. The van der Waals surface area contributed by atoms with E-state index in [1.807, 2.05) is 13.0 Å². The molecule has 0 aromatic heterocycles. The highest BCUT2D eigenvalue weighted by Gasteiger charge is 2.25. The molecule has 0 saturated carbocycles. The number of hydrogen-bond acceptors (Lipinski definition) is 5. The monoisotopic (exact) mass is 357 g/mol. The second-order valence-corrected chi connectivity index (χ2v) is 6.90. The molecular formula is C17H24ClNO5. The van der Waals surface area contributed by atoms with Crippen molar-refractivity contribution in [1.29, 1.82) is 0 Å². The summed E-state index contributed by atoms with van der Waals surface area (Å²) < 4.78 is 10.5. The number of amides is 1. The van der Waals surface area contributed by atoms with E-state index >= 15 is 0 Å². The average Bonchev–Trinajstić information content (AvgIpc) is 2.46. The van der Waals surface area contributed by atoms with Crippen LogP contribution in [-0.4, -0.2) is 41.3 Å². The lowest BCUT2D eigenvalue weighted by molar-refractivity contribution is -0.164. The van der Waals surface area contributed by atoms with Crippen LogP contribution in [0.2, 0.25) is 5.02 Å². The number of aliphatic hydroxyl groups excluding tert-OH is 1. The number of carbonyl (C=O) groups excluding carboxylic acids is 2. The second-order valence-electron chi connectivity index (χ2n) is 6.49. The highest BCUT2D eigenvalue weighted by molar-refractivity contribution is 6.32. The van der Waals surface area contributed by atoms with Crippen molar-refractivity contribution in [2.24, 2.45) is 0 Å². The molecule has 0 spiro atoms.